The number of carbonyl (C=O) groups is 1. The van der Waals surface area contributed by atoms with Gasteiger partial charge in [0, 0.05) is 63.3 Å². The lowest BCUT2D eigenvalue weighted by atomic mass is 10.2. The third-order valence-electron chi connectivity index (χ3n) is 6.55. The number of pyridine rings is 1. The number of nitrogens with zero attached hydrogens (tertiary/aromatic N) is 3. The molecule has 2 aromatic carbocycles. The summed E-state index contributed by atoms with van der Waals surface area (Å²) in [6.07, 6.45) is 0. The third-order valence-corrected chi connectivity index (χ3v) is 6.55. The first-order valence-electron chi connectivity index (χ1n) is 12.3. The van der Waals surface area contributed by atoms with Crippen LogP contribution in [0.1, 0.15) is 10.5 Å². The number of anilines is 2. The minimum absolute atomic E-state index is 0.00519. The number of fused-ring (bicyclic) bond motifs is 2. The molecule has 0 saturated carbocycles. The smallest absolute Gasteiger partial charge is 0.360 e. The molecule has 0 atom stereocenters. The van der Waals surface area contributed by atoms with Gasteiger partial charge in [-0.25, -0.2) is 9.78 Å². The van der Waals surface area contributed by atoms with E-state index in [2.05, 4.69) is 35.4 Å². The zero-order valence-corrected chi connectivity index (χ0v) is 20.3. The summed E-state index contributed by atoms with van der Waals surface area (Å²) in [4.78, 5) is 48.5. The molecule has 6 rings (SSSR count). The standard InChI is InChI=1S/C13H14N4O3.C13H15N3O/c18-12-11(13(19)20)16-10-8(15-12)2-1-3-9(10)17-6-4-14-5-7-17;17-13-12(16-7-5-14-6-8-16)9-10-3-1-2-4-11(10)15-13/h1-3,14H,4-7H2,(H,15,18)(H,19,20);1-4,9,14H,5-8H2,(H,15,17). The number of aromatic amines is 2. The summed E-state index contributed by atoms with van der Waals surface area (Å²) in [7, 11) is 0. The van der Waals surface area contributed by atoms with Crippen molar-refractivity contribution in [2.24, 2.45) is 0 Å². The number of hydrogen-bond donors (Lipinski definition) is 5. The van der Waals surface area contributed by atoms with Crippen LogP contribution < -0.4 is 31.6 Å². The van der Waals surface area contributed by atoms with Gasteiger partial charge < -0.3 is 35.5 Å². The van der Waals surface area contributed by atoms with Crippen molar-refractivity contribution in [3.63, 3.8) is 0 Å². The van der Waals surface area contributed by atoms with Crippen LogP contribution in [0.2, 0.25) is 0 Å². The van der Waals surface area contributed by atoms with Crippen LogP contribution in [-0.4, -0.2) is 78.4 Å². The Labute approximate surface area is 212 Å². The molecule has 2 aliphatic heterocycles. The molecule has 37 heavy (non-hydrogen) atoms. The zero-order chi connectivity index (χ0) is 25.8. The predicted octanol–water partition coefficient (Wildman–Crippen LogP) is 0.969. The van der Waals surface area contributed by atoms with Crippen LogP contribution in [-0.2, 0) is 0 Å². The Morgan fingerprint density at radius 3 is 2.03 bits per heavy atom. The number of carboxylic acid groups (broad SMARTS) is 1. The molecule has 11 heteroatoms. The second-order valence-corrected chi connectivity index (χ2v) is 8.94. The average molecular weight is 504 g/mol. The van der Waals surface area contributed by atoms with E-state index in [1.807, 2.05) is 42.5 Å². The molecule has 0 aliphatic carbocycles. The molecule has 11 nitrogen and oxygen atoms in total. The van der Waals surface area contributed by atoms with Crippen molar-refractivity contribution in [3.05, 3.63) is 74.9 Å². The monoisotopic (exact) mass is 503 g/mol. The minimum atomic E-state index is -1.32. The van der Waals surface area contributed by atoms with E-state index in [9.17, 15) is 14.4 Å². The number of H-pyrrole nitrogens is 2. The maximum absolute atomic E-state index is 12.0. The van der Waals surface area contributed by atoms with E-state index in [1.165, 1.54) is 0 Å². The van der Waals surface area contributed by atoms with Gasteiger partial charge in [0.15, 0.2) is 0 Å². The fourth-order valence-electron chi connectivity index (χ4n) is 4.68. The van der Waals surface area contributed by atoms with Gasteiger partial charge >= 0.3 is 5.97 Å². The summed E-state index contributed by atoms with van der Waals surface area (Å²) in [6, 6.07) is 15.3. The Balaban J connectivity index is 0.000000153. The second-order valence-electron chi connectivity index (χ2n) is 8.94. The SMILES string of the molecule is O=C(O)c1nc2c(N3CCNCC3)cccc2[nH]c1=O.O=c1[nH]c2ccccc2cc1N1CCNCC1. The molecule has 0 unspecified atom stereocenters. The van der Waals surface area contributed by atoms with E-state index in [1.54, 1.807) is 6.07 Å². The number of carboxylic acids is 1. The molecule has 0 bridgehead atoms. The van der Waals surface area contributed by atoms with Crippen molar-refractivity contribution in [1.82, 2.24) is 25.6 Å². The van der Waals surface area contributed by atoms with E-state index >= 15 is 0 Å². The summed E-state index contributed by atoms with van der Waals surface area (Å²) in [5.74, 6) is -1.32. The highest BCUT2D eigenvalue weighted by Crippen LogP contribution is 2.23. The molecule has 2 aromatic heterocycles. The number of nitrogens with one attached hydrogen (secondary N) is 4. The number of aromatic nitrogens is 3. The van der Waals surface area contributed by atoms with Crippen LogP contribution >= 0.6 is 0 Å². The van der Waals surface area contributed by atoms with Gasteiger partial charge in [-0.2, -0.15) is 0 Å². The van der Waals surface area contributed by atoms with Gasteiger partial charge in [0.05, 0.1) is 11.2 Å². The fraction of sp³-hybridized carbons (Fsp3) is 0.308. The van der Waals surface area contributed by atoms with Crippen molar-refractivity contribution >= 4 is 39.3 Å². The van der Waals surface area contributed by atoms with Crippen molar-refractivity contribution in [2.75, 3.05) is 62.2 Å². The first kappa shape index (κ1) is 24.5. The van der Waals surface area contributed by atoms with Crippen LogP contribution in [0, 0.1) is 0 Å². The Bertz CT molecular complexity index is 1540. The Hall–Kier alpha value is -4.22. The first-order chi connectivity index (χ1) is 18.0. The molecule has 5 N–H and O–H groups in total. The van der Waals surface area contributed by atoms with Gasteiger partial charge in [-0.1, -0.05) is 24.3 Å². The lowest BCUT2D eigenvalue weighted by Crippen LogP contribution is -2.45. The van der Waals surface area contributed by atoms with E-state index in [0.29, 0.717) is 11.0 Å². The maximum atomic E-state index is 12.0. The molecule has 2 aliphatic rings. The number of piperazine rings is 2. The topological polar surface area (TPSA) is 146 Å². The molecule has 2 saturated heterocycles. The van der Waals surface area contributed by atoms with Crippen LogP contribution in [0.3, 0.4) is 0 Å². The molecule has 0 radical (unpaired) electrons. The van der Waals surface area contributed by atoms with Crippen LogP contribution in [0.5, 0.6) is 0 Å². The Morgan fingerprint density at radius 1 is 0.757 bits per heavy atom. The van der Waals surface area contributed by atoms with Gasteiger partial charge in [0.2, 0.25) is 5.69 Å². The van der Waals surface area contributed by atoms with Crippen molar-refractivity contribution in [1.29, 1.82) is 0 Å². The lowest BCUT2D eigenvalue weighted by molar-refractivity contribution is 0.0689. The number of rotatable bonds is 3. The summed E-state index contributed by atoms with van der Waals surface area (Å²) < 4.78 is 0. The average Bonchev–Trinajstić information content (AvgIpc) is 2.93. The van der Waals surface area contributed by atoms with Crippen molar-refractivity contribution < 1.29 is 9.90 Å². The summed E-state index contributed by atoms with van der Waals surface area (Å²) in [6.45, 7) is 7.03. The van der Waals surface area contributed by atoms with Crippen LogP contribution in [0.15, 0.2) is 58.1 Å². The highest BCUT2D eigenvalue weighted by atomic mass is 16.4. The molecule has 2 fully saturated rings. The van der Waals surface area contributed by atoms with E-state index in [0.717, 1.165) is 74.6 Å². The molecular weight excluding hydrogens is 474 g/mol. The zero-order valence-electron chi connectivity index (χ0n) is 20.3. The normalized spacial score (nSPS) is 15.9. The molecule has 0 spiro atoms. The number of hydrogen-bond acceptors (Lipinski definition) is 8. The van der Waals surface area contributed by atoms with Crippen LogP contribution in [0.4, 0.5) is 11.4 Å². The van der Waals surface area contributed by atoms with Gasteiger partial charge in [-0.05, 0) is 24.3 Å². The summed E-state index contributed by atoms with van der Waals surface area (Å²) in [5, 5.41) is 16.6. The molecule has 4 aromatic rings. The second kappa shape index (κ2) is 10.8. The van der Waals surface area contributed by atoms with Gasteiger partial charge in [0.25, 0.3) is 11.1 Å². The Kier molecular flexibility index (Phi) is 7.15. The number of aromatic carboxylic acids is 1. The minimum Gasteiger partial charge on any atom is -0.476 e. The third kappa shape index (κ3) is 5.32. The summed E-state index contributed by atoms with van der Waals surface area (Å²) in [5.41, 5.74) is 2.46. The van der Waals surface area contributed by atoms with E-state index < -0.39 is 17.2 Å². The molecule has 0 amide bonds. The fourth-order valence-corrected chi connectivity index (χ4v) is 4.68. The highest BCUT2D eigenvalue weighted by molar-refractivity contribution is 5.92. The van der Waals surface area contributed by atoms with Gasteiger partial charge in [-0.3, -0.25) is 9.59 Å². The molecular formula is C26H29N7O4. The van der Waals surface area contributed by atoms with Gasteiger partial charge in [-0.15, -0.1) is 0 Å². The largest absolute Gasteiger partial charge is 0.476 e. The predicted molar refractivity (Wildman–Crippen MR) is 144 cm³/mol. The Morgan fingerprint density at radius 2 is 1.35 bits per heavy atom. The first-order valence-corrected chi connectivity index (χ1v) is 12.3. The van der Waals surface area contributed by atoms with Crippen LogP contribution in [0.25, 0.3) is 21.9 Å². The van der Waals surface area contributed by atoms with E-state index in [-0.39, 0.29) is 5.56 Å². The van der Waals surface area contributed by atoms with Crippen molar-refractivity contribution in [3.8, 4) is 0 Å². The van der Waals surface area contributed by atoms with Crippen molar-refractivity contribution in [2.45, 2.75) is 0 Å². The quantitative estimate of drug-likeness (QED) is 0.276. The summed E-state index contributed by atoms with van der Waals surface area (Å²) >= 11 is 0. The van der Waals surface area contributed by atoms with E-state index in [4.69, 9.17) is 5.11 Å². The maximum Gasteiger partial charge on any atom is 0.360 e. The lowest BCUT2D eigenvalue weighted by Gasteiger charge is -2.29. The molecule has 192 valence electrons. The highest BCUT2D eigenvalue weighted by Gasteiger charge is 2.18. The molecule has 4 heterocycles. The number of benzene rings is 2. The number of para-hydroxylation sites is 2. The van der Waals surface area contributed by atoms with Gasteiger partial charge in [0.1, 0.15) is 11.2 Å².